The zero-order valence-corrected chi connectivity index (χ0v) is 7.24. The van der Waals surface area contributed by atoms with Crippen molar-refractivity contribution < 1.29 is 18.3 Å². The summed E-state index contributed by atoms with van der Waals surface area (Å²) in [7, 11) is -2.69. The molecule has 0 aliphatic heterocycles. The molecule has 0 heterocycles. The van der Waals surface area contributed by atoms with Crippen molar-refractivity contribution in [2.75, 3.05) is 6.54 Å². The zero-order chi connectivity index (χ0) is 9.72. The molecule has 5 N–H and O–H groups in total. The van der Waals surface area contributed by atoms with E-state index in [1.807, 2.05) is 0 Å². The van der Waals surface area contributed by atoms with E-state index < -0.39 is 28.0 Å². The molecule has 0 rings (SSSR count). The molecule has 0 saturated heterocycles. The molecule has 6 nitrogen and oxygen atoms in total. The summed E-state index contributed by atoms with van der Waals surface area (Å²) in [6.45, 7) is -0.0975. The van der Waals surface area contributed by atoms with Gasteiger partial charge >= 0.3 is 5.97 Å². The first-order chi connectivity index (χ1) is 5.49. The second-order valence-corrected chi connectivity index (χ2v) is 3.66. The van der Waals surface area contributed by atoms with Crippen LogP contribution in [0.5, 0.6) is 0 Å². The maximum atomic E-state index is 10.4. The molecule has 0 spiro atoms. The van der Waals surface area contributed by atoms with Crippen molar-refractivity contribution in [1.82, 2.24) is 0 Å². The van der Waals surface area contributed by atoms with Gasteiger partial charge in [0, 0.05) is 6.54 Å². The molecule has 0 aliphatic rings. The fraction of sp³-hybridized carbons (Fsp3) is 0.800. The summed E-state index contributed by atoms with van der Waals surface area (Å²) in [5.41, 5.74) is 10.2. The van der Waals surface area contributed by atoms with Crippen molar-refractivity contribution in [3.8, 4) is 0 Å². The molecule has 2 atom stereocenters. The average molecular weight is 196 g/mol. The summed E-state index contributed by atoms with van der Waals surface area (Å²) in [6.07, 6.45) is -0.134. The summed E-state index contributed by atoms with van der Waals surface area (Å²) < 4.78 is 20.8. The van der Waals surface area contributed by atoms with Crippen LogP contribution in [0.1, 0.15) is 6.42 Å². The second kappa shape index (κ2) is 5.07. The van der Waals surface area contributed by atoms with Crippen LogP contribution in [-0.2, 0) is 15.5 Å². The highest BCUT2D eigenvalue weighted by Crippen LogP contribution is 1.98. The van der Waals surface area contributed by atoms with Gasteiger partial charge in [-0.15, -0.1) is 0 Å². The molecule has 0 radical (unpaired) electrons. The maximum absolute atomic E-state index is 10.4. The summed E-state index contributed by atoms with van der Waals surface area (Å²) in [5, 5.41) is 7.50. The number of thiol groups is 1. The van der Waals surface area contributed by atoms with Crippen LogP contribution < -0.4 is 11.5 Å². The van der Waals surface area contributed by atoms with E-state index in [0.717, 1.165) is 0 Å². The molecule has 0 aliphatic carbocycles. The third-order valence-corrected chi connectivity index (χ3v) is 2.43. The molecule has 0 aromatic carbocycles. The van der Waals surface area contributed by atoms with Crippen molar-refractivity contribution in [3.63, 3.8) is 0 Å². The van der Waals surface area contributed by atoms with Gasteiger partial charge in [0.1, 0.15) is 16.7 Å². The lowest BCUT2D eigenvalue weighted by atomic mass is 10.2. The van der Waals surface area contributed by atoms with Gasteiger partial charge in [0.2, 0.25) is 0 Å². The quantitative estimate of drug-likeness (QED) is 0.367. The molecule has 72 valence electrons. The Morgan fingerprint density at radius 2 is 2.00 bits per heavy atom. The summed E-state index contributed by atoms with van der Waals surface area (Å²) in [6, 6.07) is -1.16. The summed E-state index contributed by atoms with van der Waals surface area (Å²) in [5.74, 6) is -1.22. The highest BCUT2D eigenvalue weighted by Gasteiger charge is 2.19. The third-order valence-electron chi connectivity index (χ3n) is 1.41. The number of aliphatic carboxylic acids is 1. The van der Waals surface area contributed by atoms with Crippen LogP contribution in [0, 0.1) is 0 Å². The Labute approximate surface area is 71.5 Å². The Kier molecular flexibility index (Phi) is 4.79. The predicted molar refractivity (Wildman–Crippen MR) is 43.4 cm³/mol. The molecule has 7 heteroatoms. The minimum Gasteiger partial charge on any atom is -0.480 e. The lowest BCUT2D eigenvalue weighted by molar-refractivity contribution is -0.138. The van der Waals surface area contributed by atoms with E-state index in [1.54, 1.807) is 0 Å². The van der Waals surface area contributed by atoms with Gasteiger partial charge < -0.3 is 16.6 Å². The van der Waals surface area contributed by atoms with E-state index in [1.165, 1.54) is 0 Å². The molecule has 0 aromatic heterocycles. The topological polar surface area (TPSA) is 123 Å². The Bertz CT molecular complexity index is 219. The van der Waals surface area contributed by atoms with Crippen LogP contribution in [0.15, 0.2) is 0 Å². The number of hydrogen-bond acceptors (Lipinski definition) is 5. The molecule has 0 bridgehead atoms. The van der Waals surface area contributed by atoms with Crippen molar-refractivity contribution >= 4 is 16.7 Å². The summed E-state index contributed by atoms with van der Waals surface area (Å²) >= 11 is 0. The highest BCUT2D eigenvalue weighted by molar-refractivity contribution is 7.73. The molecule has 1 unspecified atom stereocenters. The summed E-state index contributed by atoms with van der Waals surface area (Å²) in [4.78, 5) is 10.2. The molecule has 12 heavy (non-hydrogen) atoms. The number of nitrogens with two attached hydrogens (primary N) is 2. The molecular formula is C5H12N2O4S. The number of carboxylic acid groups (broad SMARTS) is 1. The fourth-order valence-corrected chi connectivity index (χ4v) is 1.23. The number of rotatable bonds is 5. The van der Waals surface area contributed by atoms with Gasteiger partial charge in [-0.3, -0.25) is 4.79 Å². The highest BCUT2D eigenvalue weighted by atomic mass is 32.2. The average Bonchev–Trinajstić information content (AvgIpc) is 1.98. The lowest BCUT2D eigenvalue weighted by Crippen LogP contribution is -2.37. The Balaban J connectivity index is 4.12. The molecule has 0 fully saturated rings. The van der Waals surface area contributed by atoms with Gasteiger partial charge in [-0.1, -0.05) is 0 Å². The molecule has 0 amide bonds. The third kappa shape index (κ3) is 3.65. The second-order valence-electron chi connectivity index (χ2n) is 2.36. The van der Waals surface area contributed by atoms with Gasteiger partial charge in [-0.25, -0.2) is 8.42 Å². The number of carbonyl (C=O) groups is 1. The normalized spacial score (nSPS) is 15.9. The zero-order valence-electron chi connectivity index (χ0n) is 6.34. The van der Waals surface area contributed by atoms with Crippen LogP contribution in [0.25, 0.3) is 0 Å². The minimum atomic E-state index is -2.69. The fourth-order valence-electron chi connectivity index (χ4n) is 0.662. The Morgan fingerprint density at radius 3 is 2.25 bits per heavy atom. The first kappa shape index (κ1) is 11.3. The van der Waals surface area contributed by atoms with E-state index in [9.17, 15) is 13.2 Å². The van der Waals surface area contributed by atoms with Crippen molar-refractivity contribution in [2.45, 2.75) is 17.7 Å². The van der Waals surface area contributed by atoms with Crippen molar-refractivity contribution in [1.29, 1.82) is 0 Å². The van der Waals surface area contributed by atoms with Crippen LogP contribution >= 0.6 is 0 Å². The Morgan fingerprint density at radius 1 is 1.50 bits per heavy atom. The van der Waals surface area contributed by atoms with Crippen molar-refractivity contribution in [2.24, 2.45) is 11.5 Å². The maximum Gasteiger partial charge on any atom is 0.320 e. The van der Waals surface area contributed by atoms with Crippen molar-refractivity contribution in [3.05, 3.63) is 0 Å². The molecule has 0 aromatic rings. The SMILES string of the molecule is NCC(C[C@@H](N)C(=O)O)[SH](=O)=O. The van der Waals surface area contributed by atoms with E-state index in [4.69, 9.17) is 16.6 Å². The van der Waals surface area contributed by atoms with Gasteiger partial charge in [-0.2, -0.15) is 0 Å². The molecule has 0 saturated carbocycles. The van der Waals surface area contributed by atoms with Gasteiger partial charge in [0.05, 0.1) is 5.25 Å². The van der Waals surface area contributed by atoms with Gasteiger partial charge in [0.25, 0.3) is 0 Å². The molecular weight excluding hydrogens is 184 g/mol. The van der Waals surface area contributed by atoms with Crippen LogP contribution in [0.3, 0.4) is 0 Å². The standard InChI is InChI=1S/C5H12N2O4S/c6-2-3(12(10)11)1-4(7)5(8)9/h3-4,12H,1-2,6-7H2,(H,8,9)/t3?,4-/m1/s1. The predicted octanol–water partition coefficient (Wildman–Crippen LogP) is -2.27. The number of carboxylic acids is 1. The van der Waals surface area contributed by atoms with E-state index in [-0.39, 0.29) is 13.0 Å². The first-order valence-corrected chi connectivity index (χ1v) is 4.55. The lowest BCUT2D eigenvalue weighted by Gasteiger charge is -2.10. The van der Waals surface area contributed by atoms with Gasteiger partial charge in [0.15, 0.2) is 0 Å². The van der Waals surface area contributed by atoms with Crippen LogP contribution in [0.2, 0.25) is 0 Å². The van der Waals surface area contributed by atoms with Crippen LogP contribution in [-0.4, -0.2) is 37.3 Å². The van der Waals surface area contributed by atoms with Gasteiger partial charge in [-0.05, 0) is 6.42 Å². The largest absolute Gasteiger partial charge is 0.480 e. The van der Waals surface area contributed by atoms with E-state index >= 15 is 0 Å². The number of hydrogen-bond donors (Lipinski definition) is 4. The smallest absolute Gasteiger partial charge is 0.320 e. The monoisotopic (exact) mass is 196 g/mol. The van der Waals surface area contributed by atoms with Crippen LogP contribution in [0.4, 0.5) is 0 Å². The van der Waals surface area contributed by atoms with E-state index in [0.29, 0.717) is 0 Å². The Hall–Kier alpha value is -0.660. The minimum absolute atomic E-state index is 0.0975. The van der Waals surface area contributed by atoms with E-state index in [2.05, 4.69) is 0 Å². The first-order valence-electron chi connectivity index (χ1n) is 3.31.